The Morgan fingerprint density at radius 1 is 1.00 bits per heavy atom. The molecule has 0 saturated heterocycles. The van der Waals surface area contributed by atoms with E-state index in [2.05, 4.69) is 39.8 Å². The van der Waals surface area contributed by atoms with Gasteiger partial charge in [0.2, 0.25) is 0 Å². The third-order valence-corrected chi connectivity index (χ3v) is 5.63. The third-order valence-electron chi connectivity index (χ3n) is 5.63. The summed E-state index contributed by atoms with van der Waals surface area (Å²) in [6, 6.07) is 13.9. The van der Waals surface area contributed by atoms with Crippen LogP contribution in [0.1, 0.15) is 63.6 Å². The summed E-state index contributed by atoms with van der Waals surface area (Å²) in [5, 5.41) is 10.9. The second-order valence-electron chi connectivity index (χ2n) is 8.37. The predicted molar refractivity (Wildman–Crippen MR) is 112 cm³/mol. The van der Waals surface area contributed by atoms with Gasteiger partial charge in [-0.25, -0.2) is 0 Å². The molecule has 1 N–H and O–H groups in total. The first-order chi connectivity index (χ1) is 13.1. The van der Waals surface area contributed by atoms with Gasteiger partial charge >= 0.3 is 5.97 Å². The number of aromatic hydroxyl groups is 1. The number of hydrogen-bond acceptors (Lipinski definition) is 4. The maximum absolute atomic E-state index is 11.4. The van der Waals surface area contributed by atoms with E-state index in [-0.39, 0.29) is 22.5 Å². The van der Waals surface area contributed by atoms with Crippen molar-refractivity contribution in [2.45, 2.75) is 57.8 Å². The first kappa shape index (κ1) is 21.8. The molecule has 28 heavy (non-hydrogen) atoms. The van der Waals surface area contributed by atoms with Crippen LogP contribution in [0.3, 0.4) is 0 Å². The van der Waals surface area contributed by atoms with Crippen LogP contribution < -0.4 is 4.74 Å². The van der Waals surface area contributed by atoms with Gasteiger partial charge in [0.1, 0.15) is 11.5 Å². The van der Waals surface area contributed by atoms with Crippen molar-refractivity contribution < 1.29 is 19.4 Å². The molecule has 0 fully saturated rings. The zero-order valence-electron chi connectivity index (χ0n) is 17.8. The standard InChI is InChI=1S/C24H32O4/c1-23(2,14-10-13-22(26)28-6)19-15-20(25)18(16-21(19)27-5)24(3,4)17-11-8-7-9-12-17/h7-9,11-12,15-16,25H,10,13-14H2,1-6H3. The van der Waals surface area contributed by atoms with Crippen LogP contribution in [0.15, 0.2) is 42.5 Å². The number of ether oxygens (including phenoxy) is 2. The molecule has 0 atom stereocenters. The first-order valence-corrected chi connectivity index (χ1v) is 9.67. The number of hydrogen-bond donors (Lipinski definition) is 1. The largest absolute Gasteiger partial charge is 0.508 e. The van der Waals surface area contributed by atoms with Crippen LogP contribution in [0.4, 0.5) is 0 Å². The molecule has 2 aromatic carbocycles. The molecule has 0 aromatic heterocycles. The van der Waals surface area contributed by atoms with Crippen molar-refractivity contribution in [3.63, 3.8) is 0 Å². The molecular weight excluding hydrogens is 352 g/mol. The quantitative estimate of drug-likeness (QED) is 0.624. The molecule has 0 amide bonds. The molecule has 4 nitrogen and oxygen atoms in total. The minimum atomic E-state index is -0.369. The lowest BCUT2D eigenvalue weighted by atomic mass is 9.74. The molecule has 152 valence electrons. The average molecular weight is 385 g/mol. The zero-order valence-corrected chi connectivity index (χ0v) is 17.8. The molecule has 0 radical (unpaired) electrons. The van der Waals surface area contributed by atoms with Crippen molar-refractivity contribution in [3.05, 3.63) is 59.2 Å². The normalized spacial score (nSPS) is 11.9. The summed E-state index contributed by atoms with van der Waals surface area (Å²) in [6.45, 7) is 8.39. The van der Waals surface area contributed by atoms with Gasteiger partial charge in [-0.1, -0.05) is 58.0 Å². The van der Waals surface area contributed by atoms with Gasteiger partial charge in [-0.2, -0.15) is 0 Å². The molecule has 0 aliphatic rings. The van der Waals surface area contributed by atoms with E-state index in [1.54, 1.807) is 7.11 Å². The number of rotatable bonds is 8. The molecule has 0 heterocycles. The fourth-order valence-corrected chi connectivity index (χ4v) is 3.69. The van der Waals surface area contributed by atoms with E-state index in [0.717, 1.165) is 28.9 Å². The van der Waals surface area contributed by atoms with E-state index < -0.39 is 0 Å². The van der Waals surface area contributed by atoms with Gasteiger partial charge in [-0.3, -0.25) is 4.79 Å². The van der Waals surface area contributed by atoms with Crippen LogP contribution in [-0.4, -0.2) is 25.3 Å². The van der Waals surface area contributed by atoms with Gasteiger partial charge in [-0.15, -0.1) is 0 Å². The van der Waals surface area contributed by atoms with Crippen molar-refractivity contribution >= 4 is 5.97 Å². The fourth-order valence-electron chi connectivity index (χ4n) is 3.69. The van der Waals surface area contributed by atoms with Gasteiger partial charge in [0, 0.05) is 23.0 Å². The topological polar surface area (TPSA) is 55.8 Å². The van der Waals surface area contributed by atoms with E-state index >= 15 is 0 Å². The first-order valence-electron chi connectivity index (χ1n) is 9.67. The zero-order chi connectivity index (χ0) is 20.9. The molecule has 0 aliphatic heterocycles. The van der Waals surface area contributed by atoms with Gasteiger partial charge in [-0.05, 0) is 36.0 Å². The summed E-state index contributed by atoms with van der Waals surface area (Å²) < 4.78 is 10.4. The van der Waals surface area contributed by atoms with Crippen molar-refractivity contribution in [3.8, 4) is 11.5 Å². The summed E-state index contributed by atoms with van der Waals surface area (Å²) in [5.74, 6) is 0.802. The Bertz CT molecular complexity index is 807. The van der Waals surface area contributed by atoms with Crippen LogP contribution in [-0.2, 0) is 20.4 Å². The molecule has 0 bridgehead atoms. The van der Waals surface area contributed by atoms with Crippen LogP contribution in [0.5, 0.6) is 11.5 Å². The maximum atomic E-state index is 11.4. The second kappa shape index (κ2) is 8.68. The lowest BCUT2D eigenvalue weighted by Gasteiger charge is -2.31. The van der Waals surface area contributed by atoms with Crippen molar-refractivity contribution in [2.24, 2.45) is 0 Å². The Balaban J connectivity index is 2.39. The Kier molecular flexibility index (Phi) is 6.76. The van der Waals surface area contributed by atoms with Crippen LogP contribution in [0.2, 0.25) is 0 Å². The number of benzene rings is 2. The van der Waals surface area contributed by atoms with E-state index in [0.29, 0.717) is 12.8 Å². The minimum absolute atomic E-state index is 0.203. The monoisotopic (exact) mass is 384 g/mol. The van der Waals surface area contributed by atoms with E-state index in [4.69, 9.17) is 9.47 Å². The van der Waals surface area contributed by atoms with Crippen LogP contribution in [0.25, 0.3) is 0 Å². The fraction of sp³-hybridized carbons (Fsp3) is 0.458. The lowest BCUT2D eigenvalue weighted by molar-refractivity contribution is -0.140. The summed E-state index contributed by atoms with van der Waals surface area (Å²) in [5.41, 5.74) is 2.26. The van der Waals surface area contributed by atoms with Crippen molar-refractivity contribution in [2.75, 3.05) is 14.2 Å². The molecule has 0 saturated carbocycles. The summed E-state index contributed by atoms with van der Waals surface area (Å²) in [7, 11) is 3.06. The second-order valence-corrected chi connectivity index (χ2v) is 8.37. The number of carbonyl (C=O) groups excluding carboxylic acids is 1. The van der Waals surface area contributed by atoms with E-state index in [9.17, 15) is 9.90 Å². The summed E-state index contributed by atoms with van der Waals surface area (Å²) in [4.78, 5) is 11.4. The van der Waals surface area contributed by atoms with Crippen molar-refractivity contribution in [1.82, 2.24) is 0 Å². The summed E-state index contributed by atoms with van der Waals surface area (Å²) >= 11 is 0. The van der Waals surface area contributed by atoms with Gasteiger partial charge in [0.25, 0.3) is 0 Å². The molecule has 2 rings (SSSR count). The molecule has 0 spiro atoms. The van der Waals surface area contributed by atoms with Crippen LogP contribution >= 0.6 is 0 Å². The van der Waals surface area contributed by atoms with E-state index in [1.165, 1.54) is 7.11 Å². The minimum Gasteiger partial charge on any atom is -0.508 e. The lowest BCUT2D eigenvalue weighted by Crippen LogP contribution is -2.22. The van der Waals surface area contributed by atoms with Gasteiger partial charge < -0.3 is 14.6 Å². The highest BCUT2D eigenvalue weighted by Crippen LogP contribution is 2.44. The molecule has 0 aliphatic carbocycles. The SMILES string of the molecule is COC(=O)CCCC(C)(C)c1cc(O)c(C(C)(C)c2ccccc2)cc1OC. The van der Waals surface area contributed by atoms with Crippen molar-refractivity contribution in [1.29, 1.82) is 0 Å². The van der Waals surface area contributed by atoms with Crippen LogP contribution in [0, 0.1) is 0 Å². The van der Waals surface area contributed by atoms with Gasteiger partial charge in [0.15, 0.2) is 0 Å². The Morgan fingerprint density at radius 2 is 1.64 bits per heavy atom. The summed E-state index contributed by atoms with van der Waals surface area (Å²) in [6.07, 6.45) is 1.87. The predicted octanol–water partition coefficient (Wildman–Crippen LogP) is 5.35. The Morgan fingerprint density at radius 3 is 2.21 bits per heavy atom. The maximum Gasteiger partial charge on any atom is 0.305 e. The smallest absolute Gasteiger partial charge is 0.305 e. The third kappa shape index (κ3) is 4.67. The highest BCUT2D eigenvalue weighted by molar-refractivity contribution is 5.69. The average Bonchev–Trinajstić information content (AvgIpc) is 2.67. The molecular formula is C24H32O4. The number of phenolic OH excluding ortho intramolecular Hbond substituents is 1. The number of carbonyl (C=O) groups is 1. The molecule has 0 unspecified atom stereocenters. The number of methoxy groups -OCH3 is 2. The molecule has 2 aromatic rings. The number of esters is 1. The Hall–Kier alpha value is -2.49. The highest BCUT2D eigenvalue weighted by atomic mass is 16.5. The highest BCUT2D eigenvalue weighted by Gasteiger charge is 2.31. The molecule has 4 heteroatoms. The number of phenols is 1. The van der Waals surface area contributed by atoms with Gasteiger partial charge in [0.05, 0.1) is 14.2 Å². The Labute approximate surface area is 168 Å². The van der Waals surface area contributed by atoms with E-state index in [1.807, 2.05) is 30.3 Å².